The second-order valence-electron chi connectivity index (χ2n) is 4.37. The van der Waals surface area contributed by atoms with Crippen molar-refractivity contribution in [2.24, 2.45) is 0 Å². The number of thiophene rings is 1. The normalized spacial score (nSPS) is 14.8. The summed E-state index contributed by atoms with van der Waals surface area (Å²) in [7, 11) is 0. The number of carbonyl (C=O) groups is 3. The molecule has 1 aliphatic heterocycles. The zero-order chi connectivity index (χ0) is 14.0. The van der Waals surface area contributed by atoms with Gasteiger partial charge in [0.1, 0.15) is 5.00 Å². The molecule has 2 rings (SSSR count). The number of likely N-dealkylation sites (tertiary alicyclic amines) is 1. The number of rotatable bonds is 4. The van der Waals surface area contributed by atoms with Crippen molar-refractivity contribution in [1.82, 2.24) is 4.90 Å². The van der Waals surface area contributed by atoms with Crippen LogP contribution in [0, 0.1) is 6.92 Å². The lowest BCUT2D eigenvalue weighted by molar-refractivity contribution is -0.131. The van der Waals surface area contributed by atoms with E-state index in [1.807, 2.05) is 0 Å². The molecular weight excluding hydrogens is 268 g/mol. The van der Waals surface area contributed by atoms with E-state index in [-0.39, 0.29) is 23.9 Å². The summed E-state index contributed by atoms with van der Waals surface area (Å²) in [5.74, 6) is -1.47. The van der Waals surface area contributed by atoms with Crippen molar-refractivity contribution in [1.29, 1.82) is 0 Å². The standard InChI is InChI=1S/C12H14N2O4S/c1-7-5-8(12(17)18)11(19-7)13-9(15)6-14-4-2-3-10(14)16/h5H,2-4,6H2,1H3,(H,13,15)(H,17,18). The number of carboxylic acids is 1. The molecule has 1 aromatic rings. The molecular formula is C12H14N2O4S. The Kier molecular flexibility index (Phi) is 3.84. The van der Waals surface area contributed by atoms with Gasteiger partial charge in [-0.15, -0.1) is 11.3 Å². The van der Waals surface area contributed by atoms with E-state index >= 15 is 0 Å². The fourth-order valence-corrected chi connectivity index (χ4v) is 2.90. The zero-order valence-electron chi connectivity index (χ0n) is 10.4. The molecule has 0 aliphatic carbocycles. The molecule has 7 heteroatoms. The molecule has 1 fully saturated rings. The van der Waals surface area contributed by atoms with Crippen LogP contribution in [0.5, 0.6) is 0 Å². The van der Waals surface area contributed by atoms with Crippen LogP contribution in [-0.2, 0) is 9.59 Å². The quantitative estimate of drug-likeness (QED) is 0.872. The predicted molar refractivity (Wildman–Crippen MR) is 70.5 cm³/mol. The van der Waals surface area contributed by atoms with Gasteiger partial charge in [-0.3, -0.25) is 9.59 Å². The summed E-state index contributed by atoms with van der Waals surface area (Å²) in [6.07, 6.45) is 1.25. The number of nitrogens with zero attached hydrogens (tertiary/aromatic N) is 1. The topological polar surface area (TPSA) is 86.7 Å². The first kappa shape index (κ1) is 13.5. The Labute approximate surface area is 114 Å². The van der Waals surface area contributed by atoms with Crippen molar-refractivity contribution in [2.75, 3.05) is 18.4 Å². The number of carboxylic acid groups (broad SMARTS) is 1. The summed E-state index contributed by atoms with van der Waals surface area (Å²) in [6, 6.07) is 1.52. The van der Waals surface area contributed by atoms with E-state index in [1.165, 1.54) is 22.3 Å². The highest BCUT2D eigenvalue weighted by Crippen LogP contribution is 2.27. The fraction of sp³-hybridized carbons (Fsp3) is 0.417. The largest absolute Gasteiger partial charge is 0.478 e. The number of anilines is 1. The van der Waals surface area contributed by atoms with Crippen molar-refractivity contribution < 1.29 is 19.5 Å². The first-order valence-electron chi connectivity index (χ1n) is 5.88. The molecule has 0 radical (unpaired) electrons. The highest BCUT2D eigenvalue weighted by molar-refractivity contribution is 7.16. The van der Waals surface area contributed by atoms with Crippen molar-refractivity contribution >= 4 is 34.1 Å². The monoisotopic (exact) mass is 282 g/mol. The van der Waals surface area contributed by atoms with Gasteiger partial charge in [0.2, 0.25) is 11.8 Å². The van der Waals surface area contributed by atoms with Crippen LogP contribution in [0.1, 0.15) is 28.1 Å². The lowest BCUT2D eigenvalue weighted by Crippen LogP contribution is -2.34. The first-order chi connectivity index (χ1) is 8.97. The van der Waals surface area contributed by atoms with Crippen LogP contribution < -0.4 is 5.32 Å². The second-order valence-corrected chi connectivity index (χ2v) is 5.63. The van der Waals surface area contributed by atoms with Crippen LogP contribution in [0.15, 0.2) is 6.07 Å². The van der Waals surface area contributed by atoms with E-state index in [0.29, 0.717) is 18.0 Å². The Hall–Kier alpha value is -1.89. The minimum atomic E-state index is -1.07. The van der Waals surface area contributed by atoms with Gasteiger partial charge in [-0.2, -0.15) is 0 Å². The molecule has 1 aliphatic rings. The third kappa shape index (κ3) is 3.11. The molecule has 2 N–H and O–H groups in total. The number of aryl methyl sites for hydroxylation is 1. The molecule has 0 atom stereocenters. The average molecular weight is 282 g/mol. The van der Waals surface area contributed by atoms with E-state index < -0.39 is 5.97 Å². The number of nitrogens with one attached hydrogen (secondary N) is 1. The minimum absolute atomic E-state index is 0.0190. The summed E-state index contributed by atoms with van der Waals surface area (Å²) >= 11 is 1.21. The molecule has 0 bridgehead atoms. The molecule has 6 nitrogen and oxygen atoms in total. The van der Waals surface area contributed by atoms with Crippen LogP contribution in [-0.4, -0.2) is 40.9 Å². The fourth-order valence-electron chi connectivity index (χ4n) is 1.98. The highest BCUT2D eigenvalue weighted by Gasteiger charge is 2.23. The molecule has 1 aromatic heterocycles. The smallest absolute Gasteiger partial charge is 0.338 e. The molecule has 1 saturated heterocycles. The Morgan fingerprint density at radius 3 is 2.84 bits per heavy atom. The molecule has 0 saturated carbocycles. The Morgan fingerprint density at radius 1 is 1.53 bits per heavy atom. The van der Waals surface area contributed by atoms with Gasteiger partial charge in [0, 0.05) is 17.8 Å². The number of hydrogen-bond donors (Lipinski definition) is 2. The molecule has 2 heterocycles. The van der Waals surface area contributed by atoms with Crippen LogP contribution in [0.2, 0.25) is 0 Å². The van der Waals surface area contributed by atoms with Crippen molar-refractivity contribution in [3.63, 3.8) is 0 Å². The van der Waals surface area contributed by atoms with Gasteiger partial charge >= 0.3 is 5.97 Å². The van der Waals surface area contributed by atoms with E-state index in [4.69, 9.17) is 5.11 Å². The summed E-state index contributed by atoms with van der Waals surface area (Å²) in [6.45, 7) is 2.34. The average Bonchev–Trinajstić information content (AvgIpc) is 2.86. The van der Waals surface area contributed by atoms with E-state index in [2.05, 4.69) is 5.32 Å². The van der Waals surface area contributed by atoms with Gasteiger partial charge in [0.15, 0.2) is 0 Å². The SMILES string of the molecule is Cc1cc(C(=O)O)c(NC(=O)CN2CCCC2=O)s1. The van der Waals surface area contributed by atoms with E-state index in [9.17, 15) is 14.4 Å². The molecule has 0 unspecified atom stereocenters. The predicted octanol–water partition coefficient (Wildman–Crippen LogP) is 1.32. The maximum atomic E-state index is 11.8. The molecule has 0 aromatic carbocycles. The Morgan fingerprint density at radius 2 is 2.26 bits per heavy atom. The van der Waals surface area contributed by atoms with Crippen LogP contribution in [0.3, 0.4) is 0 Å². The van der Waals surface area contributed by atoms with Crippen molar-refractivity contribution in [2.45, 2.75) is 19.8 Å². The van der Waals surface area contributed by atoms with Gasteiger partial charge < -0.3 is 15.3 Å². The number of hydrogen-bond acceptors (Lipinski definition) is 4. The Balaban J connectivity index is 2.02. The number of amides is 2. The minimum Gasteiger partial charge on any atom is -0.478 e. The second kappa shape index (κ2) is 5.40. The van der Waals surface area contributed by atoms with Gasteiger partial charge in [-0.05, 0) is 19.4 Å². The highest BCUT2D eigenvalue weighted by atomic mass is 32.1. The van der Waals surface area contributed by atoms with Crippen molar-refractivity contribution in [3.8, 4) is 0 Å². The maximum Gasteiger partial charge on any atom is 0.338 e. The maximum absolute atomic E-state index is 11.8. The summed E-state index contributed by atoms with van der Waals surface area (Å²) in [4.78, 5) is 36.5. The number of aromatic carboxylic acids is 1. The lowest BCUT2D eigenvalue weighted by Gasteiger charge is -2.14. The van der Waals surface area contributed by atoms with Crippen molar-refractivity contribution in [3.05, 3.63) is 16.5 Å². The summed E-state index contributed by atoms with van der Waals surface area (Å²) < 4.78 is 0. The van der Waals surface area contributed by atoms with Gasteiger partial charge in [0.05, 0.1) is 12.1 Å². The zero-order valence-corrected chi connectivity index (χ0v) is 11.2. The Bertz CT molecular complexity index is 538. The van der Waals surface area contributed by atoms with Crippen LogP contribution in [0.25, 0.3) is 0 Å². The number of carbonyl (C=O) groups excluding carboxylic acids is 2. The summed E-state index contributed by atoms with van der Waals surface area (Å²) in [5.41, 5.74) is 0.0867. The molecule has 19 heavy (non-hydrogen) atoms. The van der Waals surface area contributed by atoms with Gasteiger partial charge in [-0.1, -0.05) is 0 Å². The van der Waals surface area contributed by atoms with Gasteiger partial charge in [-0.25, -0.2) is 4.79 Å². The van der Waals surface area contributed by atoms with Crippen LogP contribution in [0.4, 0.5) is 5.00 Å². The first-order valence-corrected chi connectivity index (χ1v) is 6.70. The lowest BCUT2D eigenvalue weighted by atomic mass is 10.3. The summed E-state index contributed by atoms with van der Waals surface area (Å²) in [5, 5.41) is 11.9. The molecule has 2 amide bonds. The molecule has 102 valence electrons. The van der Waals surface area contributed by atoms with E-state index in [0.717, 1.165) is 11.3 Å². The van der Waals surface area contributed by atoms with Crippen LogP contribution >= 0.6 is 11.3 Å². The third-order valence-electron chi connectivity index (χ3n) is 2.84. The van der Waals surface area contributed by atoms with E-state index in [1.54, 1.807) is 6.92 Å². The third-order valence-corrected chi connectivity index (χ3v) is 3.81. The van der Waals surface area contributed by atoms with Gasteiger partial charge in [0.25, 0.3) is 0 Å². The molecule has 0 spiro atoms.